The maximum absolute atomic E-state index is 12.2. The fraction of sp³-hybridized carbons (Fsp3) is 0.500. The molecular formula is C12H17BrN2OS. The Balaban J connectivity index is 1.96. The quantitative estimate of drug-likeness (QED) is 0.866. The molecule has 1 heterocycles. The van der Waals surface area contributed by atoms with E-state index in [2.05, 4.69) is 20.8 Å². The summed E-state index contributed by atoms with van der Waals surface area (Å²) in [4.78, 5) is 3.12. The fourth-order valence-corrected chi connectivity index (χ4v) is 3.78. The zero-order chi connectivity index (χ0) is 12.3. The first-order valence-corrected chi connectivity index (χ1v) is 7.94. The molecule has 0 aliphatic carbocycles. The lowest BCUT2D eigenvalue weighted by Gasteiger charge is -2.14. The molecule has 0 bridgehead atoms. The van der Waals surface area contributed by atoms with Crippen molar-refractivity contribution in [1.29, 1.82) is 0 Å². The molecule has 17 heavy (non-hydrogen) atoms. The van der Waals surface area contributed by atoms with Crippen LogP contribution in [-0.4, -0.2) is 34.5 Å². The molecular weight excluding hydrogens is 300 g/mol. The average Bonchev–Trinajstić information content (AvgIpc) is 2.82. The van der Waals surface area contributed by atoms with Gasteiger partial charge in [-0.05, 0) is 44.1 Å². The smallest absolute Gasteiger partial charge is 0.0629 e. The number of benzene rings is 1. The predicted molar refractivity (Wildman–Crippen MR) is 75.5 cm³/mol. The zero-order valence-corrected chi connectivity index (χ0v) is 12.1. The van der Waals surface area contributed by atoms with Crippen molar-refractivity contribution < 1.29 is 4.21 Å². The number of rotatable bonds is 4. The minimum atomic E-state index is -0.998. The Morgan fingerprint density at radius 2 is 2.06 bits per heavy atom. The number of likely N-dealkylation sites (tertiary alicyclic amines) is 1. The van der Waals surface area contributed by atoms with Crippen LogP contribution in [0.5, 0.6) is 0 Å². The molecule has 1 aromatic carbocycles. The summed E-state index contributed by atoms with van der Waals surface area (Å²) in [6.07, 6.45) is 2.54. The number of hydrogen-bond acceptors (Lipinski definition) is 3. The SMILES string of the molecule is Nc1ccc(Br)cc1S(=O)CCN1CCCC1. The Hall–Kier alpha value is -0.390. The summed E-state index contributed by atoms with van der Waals surface area (Å²) in [5.74, 6) is 0.667. The highest BCUT2D eigenvalue weighted by molar-refractivity contribution is 9.10. The molecule has 3 nitrogen and oxygen atoms in total. The molecule has 1 aliphatic rings. The molecule has 1 unspecified atom stereocenters. The summed E-state index contributed by atoms with van der Waals surface area (Å²) in [6, 6.07) is 5.53. The summed E-state index contributed by atoms with van der Waals surface area (Å²) in [5.41, 5.74) is 6.47. The Bertz CT molecular complexity index is 419. The second-order valence-corrected chi connectivity index (χ2v) is 6.74. The molecule has 94 valence electrons. The van der Waals surface area contributed by atoms with E-state index in [9.17, 15) is 4.21 Å². The third kappa shape index (κ3) is 3.53. The second kappa shape index (κ2) is 5.98. The topological polar surface area (TPSA) is 46.3 Å². The van der Waals surface area contributed by atoms with Crippen molar-refractivity contribution in [3.05, 3.63) is 22.7 Å². The van der Waals surface area contributed by atoms with Gasteiger partial charge in [0.05, 0.1) is 15.7 Å². The van der Waals surface area contributed by atoms with Crippen LogP contribution in [0.4, 0.5) is 5.69 Å². The van der Waals surface area contributed by atoms with E-state index in [1.165, 1.54) is 12.8 Å². The van der Waals surface area contributed by atoms with Crippen LogP contribution in [0.25, 0.3) is 0 Å². The van der Waals surface area contributed by atoms with Crippen molar-refractivity contribution in [1.82, 2.24) is 4.90 Å². The van der Waals surface area contributed by atoms with Gasteiger partial charge in [-0.3, -0.25) is 4.21 Å². The largest absolute Gasteiger partial charge is 0.398 e. The summed E-state index contributed by atoms with van der Waals surface area (Å²) in [7, 11) is -0.998. The van der Waals surface area contributed by atoms with Gasteiger partial charge in [-0.25, -0.2) is 0 Å². The van der Waals surface area contributed by atoms with Crippen LogP contribution in [0.1, 0.15) is 12.8 Å². The molecule has 0 amide bonds. The maximum Gasteiger partial charge on any atom is 0.0629 e. The van der Waals surface area contributed by atoms with E-state index < -0.39 is 10.8 Å². The van der Waals surface area contributed by atoms with E-state index >= 15 is 0 Å². The predicted octanol–water partition coefficient (Wildman–Crippen LogP) is 2.23. The van der Waals surface area contributed by atoms with Crippen molar-refractivity contribution in [2.24, 2.45) is 0 Å². The van der Waals surface area contributed by atoms with Gasteiger partial charge in [0.2, 0.25) is 0 Å². The molecule has 1 aromatic rings. The highest BCUT2D eigenvalue weighted by Gasteiger charge is 2.14. The van der Waals surface area contributed by atoms with E-state index in [0.717, 1.165) is 29.0 Å². The standard InChI is InChI=1S/C12H17BrN2OS/c13-10-3-4-11(14)12(9-10)17(16)8-7-15-5-1-2-6-15/h3-4,9H,1-2,5-8,14H2. The Morgan fingerprint density at radius 3 is 2.76 bits per heavy atom. The third-order valence-corrected chi connectivity index (χ3v) is 4.90. The van der Waals surface area contributed by atoms with Gasteiger partial charge in [0, 0.05) is 22.5 Å². The molecule has 1 atom stereocenters. The van der Waals surface area contributed by atoms with Crippen LogP contribution in [0.15, 0.2) is 27.6 Å². The van der Waals surface area contributed by atoms with E-state index in [1.54, 1.807) is 6.07 Å². The molecule has 1 fully saturated rings. The summed E-state index contributed by atoms with van der Waals surface area (Å²) >= 11 is 3.38. The minimum absolute atomic E-state index is 0.618. The summed E-state index contributed by atoms with van der Waals surface area (Å²) in [6.45, 7) is 3.19. The van der Waals surface area contributed by atoms with Crippen LogP contribution in [-0.2, 0) is 10.8 Å². The van der Waals surface area contributed by atoms with Gasteiger partial charge < -0.3 is 10.6 Å². The third-order valence-electron chi connectivity index (χ3n) is 3.01. The van der Waals surface area contributed by atoms with Crippen LogP contribution in [0, 0.1) is 0 Å². The average molecular weight is 317 g/mol. The molecule has 0 radical (unpaired) electrons. The van der Waals surface area contributed by atoms with Crippen LogP contribution in [0.2, 0.25) is 0 Å². The molecule has 2 rings (SSSR count). The van der Waals surface area contributed by atoms with Gasteiger partial charge >= 0.3 is 0 Å². The number of hydrogen-bond donors (Lipinski definition) is 1. The van der Waals surface area contributed by atoms with Crippen LogP contribution < -0.4 is 5.73 Å². The van der Waals surface area contributed by atoms with Gasteiger partial charge in [0.25, 0.3) is 0 Å². The van der Waals surface area contributed by atoms with Crippen molar-refractivity contribution in [3.8, 4) is 0 Å². The van der Waals surface area contributed by atoms with Crippen molar-refractivity contribution in [2.75, 3.05) is 31.1 Å². The highest BCUT2D eigenvalue weighted by Crippen LogP contribution is 2.22. The molecule has 5 heteroatoms. The molecule has 1 aliphatic heterocycles. The molecule has 0 spiro atoms. The maximum atomic E-state index is 12.2. The van der Waals surface area contributed by atoms with Gasteiger partial charge in [0.15, 0.2) is 0 Å². The Morgan fingerprint density at radius 1 is 1.35 bits per heavy atom. The van der Waals surface area contributed by atoms with Crippen LogP contribution >= 0.6 is 15.9 Å². The first-order valence-electron chi connectivity index (χ1n) is 5.82. The minimum Gasteiger partial charge on any atom is -0.398 e. The number of nitrogens with zero attached hydrogens (tertiary/aromatic N) is 1. The summed E-state index contributed by atoms with van der Waals surface area (Å²) in [5, 5.41) is 0. The second-order valence-electron chi connectivity index (χ2n) is 4.28. The highest BCUT2D eigenvalue weighted by atomic mass is 79.9. The first-order chi connectivity index (χ1) is 8.16. The van der Waals surface area contributed by atoms with Crippen molar-refractivity contribution >= 4 is 32.4 Å². The Labute approximate surface area is 113 Å². The van der Waals surface area contributed by atoms with Crippen molar-refractivity contribution in [2.45, 2.75) is 17.7 Å². The van der Waals surface area contributed by atoms with Gasteiger partial charge in [-0.2, -0.15) is 0 Å². The monoisotopic (exact) mass is 316 g/mol. The summed E-state index contributed by atoms with van der Waals surface area (Å²) < 4.78 is 13.1. The lowest BCUT2D eigenvalue weighted by molar-refractivity contribution is 0.361. The number of nitrogen functional groups attached to an aromatic ring is 1. The van der Waals surface area contributed by atoms with E-state index in [1.807, 2.05) is 12.1 Å². The van der Waals surface area contributed by atoms with Gasteiger partial charge in [-0.1, -0.05) is 15.9 Å². The number of nitrogens with two attached hydrogens (primary N) is 1. The number of anilines is 1. The lowest BCUT2D eigenvalue weighted by atomic mass is 10.3. The first kappa shape index (κ1) is 13.1. The normalized spacial score (nSPS) is 18.4. The van der Waals surface area contributed by atoms with E-state index in [-0.39, 0.29) is 0 Å². The molecule has 2 N–H and O–H groups in total. The lowest BCUT2D eigenvalue weighted by Crippen LogP contribution is -2.24. The van der Waals surface area contributed by atoms with Crippen molar-refractivity contribution in [3.63, 3.8) is 0 Å². The van der Waals surface area contributed by atoms with Gasteiger partial charge in [0.1, 0.15) is 0 Å². The van der Waals surface area contributed by atoms with E-state index in [0.29, 0.717) is 11.4 Å². The zero-order valence-electron chi connectivity index (χ0n) is 9.69. The molecule has 0 saturated carbocycles. The Kier molecular flexibility index (Phi) is 4.59. The fourth-order valence-electron chi connectivity index (χ4n) is 2.03. The molecule has 1 saturated heterocycles. The molecule has 0 aromatic heterocycles. The van der Waals surface area contributed by atoms with Gasteiger partial charge in [-0.15, -0.1) is 0 Å². The van der Waals surface area contributed by atoms with Crippen LogP contribution in [0.3, 0.4) is 0 Å². The number of halogens is 1. The van der Waals surface area contributed by atoms with E-state index in [4.69, 9.17) is 5.73 Å².